The number of imidazole rings is 1. The van der Waals surface area contributed by atoms with Crippen LogP contribution in [-0.2, 0) is 0 Å². The average Bonchev–Trinajstić information content (AvgIpc) is 3.18. The van der Waals surface area contributed by atoms with E-state index in [1.54, 1.807) is 28.6 Å². The van der Waals surface area contributed by atoms with Gasteiger partial charge in [0.05, 0.1) is 11.9 Å². The van der Waals surface area contributed by atoms with Crippen molar-refractivity contribution in [2.24, 2.45) is 0 Å². The van der Waals surface area contributed by atoms with Gasteiger partial charge in [0.25, 0.3) is 5.91 Å². The summed E-state index contributed by atoms with van der Waals surface area (Å²) in [4.78, 5) is 22.4. The number of benzene rings is 1. The average molecular weight is 428 g/mol. The van der Waals surface area contributed by atoms with Crippen LogP contribution in [0.1, 0.15) is 29.4 Å². The molecular formula is C21H16N8OS. The summed E-state index contributed by atoms with van der Waals surface area (Å²) in [6.07, 6.45) is 7.51. The molecule has 31 heavy (non-hydrogen) atoms. The van der Waals surface area contributed by atoms with Crippen LogP contribution < -0.4 is 5.32 Å². The molecule has 152 valence electrons. The van der Waals surface area contributed by atoms with Gasteiger partial charge in [-0.2, -0.15) is 5.10 Å². The molecule has 1 amide bonds. The number of amides is 1. The SMILES string of the molecule is O=C(Nc1cccc(-c2nncn2C2CC2)c1)c1cc(-c2cn3ncsc3n2)ccn1. The number of nitrogens with zero attached hydrogens (tertiary/aromatic N) is 7. The fourth-order valence-electron chi connectivity index (χ4n) is 3.49. The highest BCUT2D eigenvalue weighted by Gasteiger charge is 2.26. The van der Waals surface area contributed by atoms with Crippen LogP contribution in [0.2, 0.25) is 0 Å². The van der Waals surface area contributed by atoms with Gasteiger partial charge in [0.2, 0.25) is 4.96 Å². The first-order valence-corrected chi connectivity index (χ1v) is 10.7. The number of nitrogens with one attached hydrogen (secondary N) is 1. The third-order valence-electron chi connectivity index (χ3n) is 5.17. The fourth-order valence-corrected chi connectivity index (χ4v) is 4.09. The van der Waals surface area contributed by atoms with Gasteiger partial charge in [-0.3, -0.25) is 9.78 Å². The molecule has 1 aliphatic carbocycles. The predicted octanol–water partition coefficient (Wildman–Crippen LogP) is 3.70. The van der Waals surface area contributed by atoms with Crippen LogP contribution in [0.4, 0.5) is 5.69 Å². The summed E-state index contributed by atoms with van der Waals surface area (Å²) in [5.41, 5.74) is 5.19. The summed E-state index contributed by atoms with van der Waals surface area (Å²) in [5, 5.41) is 15.4. The van der Waals surface area contributed by atoms with Gasteiger partial charge in [0, 0.05) is 29.1 Å². The standard InChI is InChI=1S/C21H16N8OS/c30-20(17-9-13(6-7-22-17)18-10-29-21(26-18)31-12-24-29)25-15-3-1-2-14(8-15)19-27-23-11-28(19)16-4-5-16/h1-3,6-12,16H,4-5H2,(H,25,30). The number of hydrogen-bond acceptors (Lipinski definition) is 7. The van der Waals surface area contributed by atoms with Gasteiger partial charge in [-0.1, -0.05) is 23.5 Å². The van der Waals surface area contributed by atoms with Crippen LogP contribution in [0.5, 0.6) is 0 Å². The van der Waals surface area contributed by atoms with Crippen molar-refractivity contribution >= 4 is 27.9 Å². The van der Waals surface area contributed by atoms with Gasteiger partial charge < -0.3 is 9.88 Å². The smallest absolute Gasteiger partial charge is 0.274 e. The monoisotopic (exact) mass is 428 g/mol. The minimum absolute atomic E-state index is 0.290. The molecule has 1 fully saturated rings. The van der Waals surface area contributed by atoms with Crippen molar-refractivity contribution < 1.29 is 4.79 Å². The van der Waals surface area contributed by atoms with Gasteiger partial charge in [-0.05, 0) is 37.1 Å². The highest BCUT2D eigenvalue weighted by molar-refractivity contribution is 7.14. The number of carbonyl (C=O) groups is 1. The minimum Gasteiger partial charge on any atom is -0.321 e. The van der Waals surface area contributed by atoms with Crippen LogP contribution in [0.15, 0.2) is 60.6 Å². The van der Waals surface area contributed by atoms with E-state index in [-0.39, 0.29) is 5.91 Å². The van der Waals surface area contributed by atoms with Crippen LogP contribution in [-0.4, -0.2) is 40.3 Å². The molecule has 0 saturated heterocycles. The molecule has 9 nitrogen and oxygen atoms in total. The van der Waals surface area contributed by atoms with Crippen molar-refractivity contribution in [3.05, 3.63) is 66.3 Å². The van der Waals surface area contributed by atoms with E-state index in [4.69, 9.17) is 0 Å². The number of fused-ring (bicyclic) bond motifs is 1. The topological polar surface area (TPSA) is 103 Å². The van der Waals surface area contributed by atoms with Gasteiger partial charge >= 0.3 is 0 Å². The molecule has 0 atom stereocenters. The van der Waals surface area contributed by atoms with Gasteiger partial charge in [-0.25, -0.2) is 9.50 Å². The lowest BCUT2D eigenvalue weighted by Gasteiger charge is -2.09. The highest BCUT2D eigenvalue weighted by atomic mass is 32.1. The van der Waals surface area contributed by atoms with Gasteiger partial charge in [0.15, 0.2) is 5.82 Å². The molecule has 4 aromatic heterocycles. The molecule has 1 aromatic carbocycles. The molecule has 0 bridgehead atoms. The molecule has 6 rings (SSSR count). The Kier molecular flexibility index (Phi) is 4.10. The van der Waals surface area contributed by atoms with E-state index in [9.17, 15) is 4.79 Å². The van der Waals surface area contributed by atoms with E-state index in [1.165, 1.54) is 11.3 Å². The Morgan fingerprint density at radius 1 is 1.16 bits per heavy atom. The third-order valence-corrected chi connectivity index (χ3v) is 5.86. The number of carbonyl (C=O) groups excluding carboxylic acids is 1. The summed E-state index contributed by atoms with van der Waals surface area (Å²) >= 11 is 1.46. The summed E-state index contributed by atoms with van der Waals surface area (Å²) in [7, 11) is 0. The fraction of sp³-hybridized carbons (Fsp3) is 0.143. The second-order valence-corrected chi connectivity index (χ2v) is 8.16. The van der Waals surface area contributed by atoms with E-state index < -0.39 is 0 Å². The van der Waals surface area contributed by atoms with E-state index >= 15 is 0 Å². The lowest BCUT2D eigenvalue weighted by Crippen LogP contribution is -2.13. The first-order chi connectivity index (χ1) is 15.2. The molecule has 4 heterocycles. The number of rotatable bonds is 5. The molecule has 0 radical (unpaired) electrons. The predicted molar refractivity (Wildman–Crippen MR) is 116 cm³/mol. The maximum Gasteiger partial charge on any atom is 0.274 e. The first-order valence-electron chi connectivity index (χ1n) is 9.81. The zero-order valence-corrected chi connectivity index (χ0v) is 17.0. The van der Waals surface area contributed by atoms with E-state index in [0.29, 0.717) is 17.4 Å². The zero-order chi connectivity index (χ0) is 20.8. The summed E-state index contributed by atoms with van der Waals surface area (Å²) in [5.74, 6) is 0.522. The Bertz CT molecular complexity index is 1390. The van der Waals surface area contributed by atoms with E-state index in [2.05, 4.69) is 35.1 Å². The van der Waals surface area contributed by atoms with Crippen molar-refractivity contribution in [2.45, 2.75) is 18.9 Å². The van der Waals surface area contributed by atoms with Crippen molar-refractivity contribution in [2.75, 3.05) is 5.32 Å². The Labute approximate surface area is 180 Å². The molecule has 0 unspecified atom stereocenters. The minimum atomic E-state index is -0.290. The molecule has 0 aliphatic heterocycles. The maximum atomic E-state index is 12.9. The molecular weight excluding hydrogens is 412 g/mol. The summed E-state index contributed by atoms with van der Waals surface area (Å²) in [6, 6.07) is 11.6. The molecule has 1 saturated carbocycles. The lowest BCUT2D eigenvalue weighted by atomic mass is 10.1. The van der Waals surface area contributed by atoms with Gasteiger partial charge in [-0.15, -0.1) is 10.2 Å². The van der Waals surface area contributed by atoms with Gasteiger partial charge in [0.1, 0.15) is 17.5 Å². The second kappa shape index (κ2) is 7.10. The Balaban J connectivity index is 1.25. The molecule has 10 heteroatoms. The molecule has 1 aliphatic rings. The van der Waals surface area contributed by atoms with E-state index in [1.807, 2.05) is 36.5 Å². The normalized spacial score (nSPS) is 13.5. The third kappa shape index (κ3) is 3.36. The quantitative estimate of drug-likeness (QED) is 0.458. The summed E-state index contributed by atoms with van der Waals surface area (Å²) < 4.78 is 3.81. The Morgan fingerprint density at radius 2 is 2.10 bits per heavy atom. The van der Waals surface area contributed by atoms with Crippen LogP contribution >= 0.6 is 11.3 Å². The Hall–Kier alpha value is -3.92. The molecule has 1 N–H and O–H groups in total. The van der Waals surface area contributed by atoms with Crippen LogP contribution in [0.25, 0.3) is 27.6 Å². The number of aromatic nitrogens is 7. The van der Waals surface area contributed by atoms with Crippen molar-refractivity contribution in [3.8, 4) is 22.6 Å². The molecule has 0 spiro atoms. The van der Waals surface area contributed by atoms with Crippen molar-refractivity contribution in [1.82, 2.24) is 34.3 Å². The maximum absolute atomic E-state index is 12.9. The number of hydrogen-bond donors (Lipinski definition) is 1. The number of pyridine rings is 1. The largest absolute Gasteiger partial charge is 0.321 e. The zero-order valence-electron chi connectivity index (χ0n) is 16.2. The van der Waals surface area contributed by atoms with Crippen LogP contribution in [0, 0.1) is 0 Å². The summed E-state index contributed by atoms with van der Waals surface area (Å²) in [6.45, 7) is 0. The van der Waals surface area contributed by atoms with E-state index in [0.717, 1.165) is 40.4 Å². The second-order valence-electron chi connectivity index (χ2n) is 7.35. The first kappa shape index (κ1) is 17.9. The van der Waals surface area contributed by atoms with Crippen molar-refractivity contribution in [3.63, 3.8) is 0 Å². The van der Waals surface area contributed by atoms with Crippen LogP contribution in [0.3, 0.4) is 0 Å². The van der Waals surface area contributed by atoms with Crippen molar-refractivity contribution in [1.29, 1.82) is 0 Å². The molecule has 5 aromatic rings. The Morgan fingerprint density at radius 3 is 2.97 bits per heavy atom. The highest BCUT2D eigenvalue weighted by Crippen LogP contribution is 2.37. The lowest BCUT2D eigenvalue weighted by molar-refractivity contribution is 0.102. The number of anilines is 1.